The first-order valence-electron chi connectivity index (χ1n) is 4.16. The first kappa shape index (κ1) is 12.0. The van der Waals surface area contributed by atoms with Crippen LogP contribution >= 0.6 is 46.1 Å². The van der Waals surface area contributed by atoms with Gasteiger partial charge in [0.05, 0.1) is 0 Å². The quantitative estimate of drug-likeness (QED) is 0.453. The van der Waals surface area contributed by atoms with E-state index in [-0.39, 0.29) is 5.76 Å². The summed E-state index contributed by atoms with van der Waals surface area (Å²) in [4.78, 5) is 12.2. The fraction of sp³-hybridized carbons (Fsp3) is 0.222. The van der Waals surface area contributed by atoms with Gasteiger partial charge in [0.1, 0.15) is 0 Å². The van der Waals surface area contributed by atoms with E-state index in [1.165, 1.54) is 11.3 Å². The summed E-state index contributed by atoms with van der Waals surface area (Å²) in [5, 5.41) is 1.87. The van der Waals surface area contributed by atoms with E-state index in [4.69, 9.17) is 44.3 Å². The Hall–Kier alpha value is -0.420. The van der Waals surface area contributed by atoms with Crippen LogP contribution in [0.25, 0.3) is 6.08 Å². The first-order chi connectivity index (χ1) is 7.47. The lowest BCUT2D eigenvalue weighted by molar-refractivity contribution is -0.142. The van der Waals surface area contributed by atoms with Crippen molar-refractivity contribution in [3.63, 3.8) is 0 Å². The maximum Gasteiger partial charge on any atom is 0.377 e. The van der Waals surface area contributed by atoms with Crippen molar-refractivity contribution >= 4 is 58.2 Å². The van der Waals surface area contributed by atoms with E-state index in [1.54, 1.807) is 6.08 Å². The number of hydrogen-bond donors (Lipinski definition) is 0. The van der Waals surface area contributed by atoms with Crippen LogP contribution in [0.3, 0.4) is 0 Å². The standard InChI is InChI=1S/C9H5Cl3O3S/c10-9(11,12)8-14-6(7(13)15-8)4-5-2-1-3-16-5/h1-4,8H/b6-4-. The summed E-state index contributed by atoms with van der Waals surface area (Å²) in [6.45, 7) is 0. The highest BCUT2D eigenvalue weighted by Gasteiger charge is 2.44. The Balaban J connectivity index is 2.17. The molecule has 0 amide bonds. The highest BCUT2D eigenvalue weighted by atomic mass is 35.6. The molecule has 1 aliphatic heterocycles. The third kappa shape index (κ3) is 2.63. The van der Waals surface area contributed by atoms with Crippen LogP contribution in [0.4, 0.5) is 0 Å². The third-order valence-corrected chi connectivity index (χ3v) is 3.09. The molecule has 0 saturated carbocycles. The van der Waals surface area contributed by atoms with Crippen molar-refractivity contribution in [2.24, 2.45) is 0 Å². The monoisotopic (exact) mass is 298 g/mol. The zero-order chi connectivity index (χ0) is 11.8. The normalized spacial score (nSPS) is 23.3. The van der Waals surface area contributed by atoms with Gasteiger partial charge in [-0.1, -0.05) is 40.9 Å². The molecule has 1 aliphatic rings. The van der Waals surface area contributed by atoms with Crippen molar-refractivity contribution in [1.82, 2.24) is 0 Å². The number of halogens is 3. The molecular weight excluding hydrogens is 295 g/mol. The van der Waals surface area contributed by atoms with Crippen molar-refractivity contribution in [3.8, 4) is 0 Å². The molecule has 0 aromatic carbocycles. The molecule has 86 valence electrons. The molecule has 0 aliphatic carbocycles. The molecule has 1 saturated heterocycles. The number of carbonyl (C=O) groups is 1. The fourth-order valence-corrected chi connectivity index (χ4v) is 1.99. The number of ether oxygens (including phenoxy) is 2. The number of carbonyl (C=O) groups excluding carboxylic acids is 1. The second-order valence-corrected chi connectivity index (χ2v) is 6.27. The molecule has 1 aromatic heterocycles. The van der Waals surface area contributed by atoms with Crippen LogP contribution in [0.5, 0.6) is 0 Å². The topological polar surface area (TPSA) is 35.5 Å². The third-order valence-electron chi connectivity index (χ3n) is 1.73. The van der Waals surface area contributed by atoms with E-state index in [9.17, 15) is 4.79 Å². The van der Waals surface area contributed by atoms with Gasteiger partial charge in [0, 0.05) is 11.0 Å². The summed E-state index contributed by atoms with van der Waals surface area (Å²) in [5.74, 6) is -0.594. The van der Waals surface area contributed by atoms with Gasteiger partial charge >= 0.3 is 5.97 Å². The van der Waals surface area contributed by atoms with Gasteiger partial charge < -0.3 is 9.47 Å². The van der Waals surface area contributed by atoms with Crippen LogP contribution in [0.15, 0.2) is 23.3 Å². The van der Waals surface area contributed by atoms with Crippen LogP contribution in [0, 0.1) is 0 Å². The number of rotatable bonds is 1. The van der Waals surface area contributed by atoms with Crippen molar-refractivity contribution in [2.45, 2.75) is 10.1 Å². The molecule has 0 radical (unpaired) electrons. The van der Waals surface area contributed by atoms with Gasteiger partial charge in [-0.2, -0.15) is 0 Å². The largest absolute Gasteiger partial charge is 0.443 e. The van der Waals surface area contributed by atoms with Gasteiger partial charge in [0.2, 0.25) is 5.76 Å². The summed E-state index contributed by atoms with van der Waals surface area (Å²) in [5.41, 5.74) is 0. The first-order valence-corrected chi connectivity index (χ1v) is 6.18. The van der Waals surface area contributed by atoms with Crippen molar-refractivity contribution < 1.29 is 14.3 Å². The number of hydrogen-bond acceptors (Lipinski definition) is 4. The average molecular weight is 300 g/mol. The van der Waals surface area contributed by atoms with E-state index >= 15 is 0 Å². The van der Waals surface area contributed by atoms with Gasteiger partial charge in [0.25, 0.3) is 10.1 Å². The number of esters is 1. The second-order valence-electron chi connectivity index (χ2n) is 2.92. The molecule has 3 nitrogen and oxygen atoms in total. The molecular formula is C9H5Cl3O3S. The summed E-state index contributed by atoms with van der Waals surface area (Å²) in [6.07, 6.45) is 0.347. The van der Waals surface area contributed by atoms with E-state index in [1.807, 2.05) is 17.5 Å². The van der Waals surface area contributed by atoms with E-state index in [0.717, 1.165) is 4.88 Å². The molecule has 1 atom stereocenters. The van der Waals surface area contributed by atoms with Gasteiger partial charge in [-0.05, 0) is 11.4 Å². The molecule has 2 heterocycles. The highest BCUT2D eigenvalue weighted by molar-refractivity contribution is 7.10. The van der Waals surface area contributed by atoms with E-state index < -0.39 is 16.1 Å². The lowest BCUT2D eigenvalue weighted by atomic mass is 10.4. The van der Waals surface area contributed by atoms with Crippen LogP contribution < -0.4 is 0 Å². The zero-order valence-corrected chi connectivity index (χ0v) is 10.7. The summed E-state index contributed by atoms with van der Waals surface area (Å²) in [7, 11) is 0. The van der Waals surface area contributed by atoms with Gasteiger partial charge in [-0.3, -0.25) is 0 Å². The molecule has 16 heavy (non-hydrogen) atoms. The smallest absolute Gasteiger partial charge is 0.377 e. The molecule has 7 heteroatoms. The van der Waals surface area contributed by atoms with Crippen LogP contribution in [0.2, 0.25) is 0 Å². The average Bonchev–Trinajstić information content (AvgIpc) is 2.76. The fourth-order valence-electron chi connectivity index (χ4n) is 1.07. The molecule has 1 fully saturated rings. The maximum atomic E-state index is 11.4. The lowest BCUT2D eigenvalue weighted by Gasteiger charge is -2.15. The van der Waals surface area contributed by atoms with Crippen molar-refractivity contribution in [3.05, 3.63) is 28.1 Å². The Kier molecular flexibility index (Phi) is 3.35. The number of cyclic esters (lactones) is 1. The summed E-state index contributed by atoms with van der Waals surface area (Å²) < 4.78 is 8.09. The molecule has 0 bridgehead atoms. The predicted molar refractivity (Wildman–Crippen MR) is 63.6 cm³/mol. The SMILES string of the molecule is O=C1OC(C(Cl)(Cl)Cl)O/C1=C\c1cccs1. The molecule has 2 rings (SSSR count). The minimum absolute atomic E-state index is 0.0405. The molecule has 1 aromatic rings. The van der Waals surface area contributed by atoms with Crippen LogP contribution in [0.1, 0.15) is 4.88 Å². The second kappa shape index (κ2) is 4.45. The Morgan fingerprint density at radius 1 is 1.38 bits per heavy atom. The van der Waals surface area contributed by atoms with Gasteiger partial charge in [0.15, 0.2) is 0 Å². The minimum Gasteiger partial charge on any atom is -0.443 e. The Morgan fingerprint density at radius 3 is 2.62 bits per heavy atom. The molecule has 0 N–H and O–H groups in total. The Morgan fingerprint density at radius 2 is 2.12 bits per heavy atom. The van der Waals surface area contributed by atoms with Gasteiger partial charge in [-0.25, -0.2) is 4.79 Å². The van der Waals surface area contributed by atoms with E-state index in [2.05, 4.69) is 0 Å². The Bertz CT molecular complexity index is 422. The zero-order valence-electron chi connectivity index (χ0n) is 7.65. The number of thiophene rings is 1. The number of alkyl halides is 3. The van der Waals surface area contributed by atoms with Crippen molar-refractivity contribution in [1.29, 1.82) is 0 Å². The summed E-state index contributed by atoms with van der Waals surface area (Å²) >= 11 is 18.1. The molecule has 1 unspecified atom stereocenters. The van der Waals surface area contributed by atoms with Gasteiger partial charge in [-0.15, -0.1) is 11.3 Å². The lowest BCUT2D eigenvalue weighted by Crippen LogP contribution is -2.26. The van der Waals surface area contributed by atoms with Crippen LogP contribution in [-0.4, -0.2) is 16.1 Å². The van der Waals surface area contributed by atoms with E-state index in [0.29, 0.717) is 0 Å². The predicted octanol–water partition coefficient (Wildman–Crippen LogP) is 3.36. The Labute approximate surface area is 110 Å². The highest BCUT2D eigenvalue weighted by Crippen LogP contribution is 2.38. The minimum atomic E-state index is -1.79. The summed E-state index contributed by atoms with van der Waals surface area (Å²) in [6, 6.07) is 3.68. The maximum absolute atomic E-state index is 11.4. The molecule has 0 spiro atoms. The van der Waals surface area contributed by atoms with Crippen LogP contribution in [-0.2, 0) is 14.3 Å². The van der Waals surface area contributed by atoms with Crippen molar-refractivity contribution in [2.75, 3.05) is 0 Å².